The first-order valence-corrected chi connectivity index (χ1v) is 22.4. The van der Waals surface area contributed by atoms with Gasteiger partial charge in [-0.2, -0.15) is 10.2 Å². The molecule has 0 fully saturated rings. The van der Waals surface area contributed by atoms with Crippen molar-refractivity contribution in [3.05, 3.63) is 129 Å². The molecule has 0 spiro atoms. The number of unbranched alkanes of at least 4 members (excludes halogenated alkanes) is 1. The molecule has 11 nitrogen and oxygen atoms in total. The van der Waals surface area contributed by atoms with E-state index in [2.05, 4.69) is 10.2 Å². The number of benzene rings is 3. The maximum atomic E-state index is 15.1. The minimum absolute atomic E-state index is 0.141. The summed E-state index contributed by atoms with van der Waals surface area (Å²) >= 11 is 1.17. The zero-order chi connectivity index (χ0) is 42.0. The van der Waals surface area contributed by atoms with Crippen molar-refractivity contribution in [3.63, 3.8) is 0 Å². The van der Waals surface area contributed by atoms with E-state index in [1.165, 1.54) is 45.2 Å². The highest BCUT2D eigenvalue weighted by atomic mass is 32.1. The number of ketones is 1. The number of aromatic nitrogens is 5. The Balaban J connectivity index is 1.53. The number of nitrogens with zero attached hydrogens (tertiary/aromatic N) is 5. The molecule has 1 atom stereocenters. The quantitative estimate of drug-likeness (QED) is 0.0784. The van der Waals surface area contributed by atoms with Crippen LogP contribution < -0.4 is 26.4 Å². The number of halogens is 1. The van der Waals surface area contributed by atoms with Gasteiger partial charge in [-0.25, -0.2) is 13.8 Å². The SMILES string of the molecule is CCCCOc1ccc(F)cc1[C@H](Cn1c(=O)n(C(C)(C)C(=O)CC(C)(C)[Si](O)(c2ccccc2)c2ccccc2)c(=O)c2c(C)c(-n3nccn3)sc21)OC(C)C. The highest BCUT2D eigenvalue weighted by Gasteiger charge is 2.52. The highest BCUT2D eigenvalue weighted by molar-refractivity contribution is 7.21. The molecule has 14 heteroatoms. The average Bonchev–Trinajstić information content (AvgIpc) is 3.85. The molecule has 6 rings (SSSR count). The van der Waals surface area contributed by atoms with Crippen LogP contribution in [0.25, 0.3) is 15.2 Å². The Kier molecular flexibility index (Phi) is 12.5. The second-order valence-electron chi connectivity index (χ2n) is 16.1. The molecule has 3 heterocycles. The molecule has 306 valence electrons. The first kappa shape index (κ1) is 42.6. The van der Waals surface area contributed by atoms with Crippen molar-refractivity contribution in [1.82, 2.24) is 24.1 Å². The van der Waals surface area contributed by atoms with E-state index in [9.17, 15) is 14.4 Å². The van der Waals surface area contributed by atoms with Crippen molar-refractivity contribution in [2.24, 2.45) is 0 Å². The number of thiophene rings is 1. The molecule has 0 unspecified atom stereocenters. The Hall–Kier alpha value is -5.02. The number of Topliss-reactive ketones (excluding diaryl/α,β-unsaturated/α-hetero) is 1. The topological polar surface area (TPSA) is 130 Å². The molecule has 0 aliphatic carbocycles. The van der Waals surface area contributed by atoms with Crippen molar-refractivity contribution in [3.8, 4) is 10.8 Å². The molecule has 0 saturated carbocycles. The predicted octanol–water partition coefficient (Wildman–Crippen LogP) is 6.82. The summed E-state index contributed by atoms with van der Waals surface area (Å²) in [6, 6.07) is 23.0. The number of hydrogen-bond acceptors (Lipinski definition) is 9. The highest BCUT2D eigenvalue weighted by Crippen LogP contribution is 2.41. The van der Waals surface area contributed by atoms with Gasteiger partial charge in [-0.3, -0.25) is 14.2 Å². The summed E-state index contributed by atoms with van der Waals surface area (Å²) in [6.45, 7) is 14.6. The Bertz CT molecular complexity index is 2460. The number of ether oxygens (including phenoxy) is 2. The van der Waals surface area contributed by atoms with Gasteiger partial charge in [-0.05, 0) is 74.7 Å². The van der Waals surface area contributed by atoms with Gasteiger partial charge in [0.15, 0.2) is 5.78 Å². The zero-order valence-corrected chi connectivity index (χ0v) is 36.2. The number of carbonyl (C=O) groups is 1. The van der Waals surface area contributed by atoms with E-state index in [0.29, 0.717) is 33.3 Å². The summed E-state index contributed by atoms with van der Waals surface area (Å²) in [5, 5.41) is 9.81. The Labute approximate surface area is 342 Å². The molecule has 3 aromatic heterocycles. The predicted molar refractivity (Wildman–Crippen MR) is 229 cm³/mol. The molecule has 0 aliphatic heterocycles. The van der Waals surface area contributed by atoms with Crippen LogP contribution in [0.5, 0.6) is 5.75 Å². The summed E-state index contributed by atoms with van der Waals surface area (Å²) in [5.74, 6) is -0.484. The van der Waals surface area contributed by atoms with E-state index in [1.54, 1.807) is 26.8 Å². The molecule has 0 radical (unpaired) electrons. The molecule has 0 aliphatic rings. The molecule has 6 aromatic rings. The number of carbonyl (C=O) groups excluding carboxylic acids is 1. The van der Waals surface area contributed by atoms with Gasteiger partial charge in [-0.1, -0.05) is 99.2 Å². The summed E-state index contributed by atoms with van der Waals surface area (Å²) in [6.07, 6.45) is 3.32. The third-order valence-corrected chi connectivity index (χ3v) is 16.6. The van der Waals surface area contributed by atoms with Crippen LogP contribution in [0.2, 0.25) is 5.04 Å². The van der Waals surface area contributed by atoms with Crippen molar-refractivity contribution >= 4 is 46.0 Å². The molecule has 0 amide bonds. The van der Waals surface area contributed by atoms with Crippen molar-refractivity contribution < 1.29 is 23.5 Å². The second kappa shape index (κ2) is 17.1. The third-order valence-electron chi connectivity index (χ3n) is 10.9. The molecular weight excluding hydrogens is 774 g/mol. The van der Waals surface area contributed by atoms with Gasteiger partial charge in [0.05, 0.1) is 37.0 Å². The number of fused-ring (bicyclic) bond motifs is 1. The summed E-state index contributed by atoms with van der Waals surface area (Å²) < 4.78 is 30.0. The Morgan fingerprint density at radius 1 is 0.948 bits per heavy atom. The van der Waals surface area contributed by atoms with Gasteiger partial charge in [-0.15, -0.1) is 4.80 Å². The molecule has 0 saturated heterocycles. The van der Waals surface area contributed by atoms with E-state index in [0.717, 1.165) is 27.8 Å². The minimum Gasteiger partial charge on any atom is -0.493 e. The van der Waals surface area contributed by atoms with Gasteiger partial charge in [0.25, 0.3) is 13.9 Å². The molecule has 58 heavy (non-hydrogen) atoms. The second-order valence-corrected chi connectivity index (χ2v) is 21.0. The fourth-order valence-corrected chi connectivity index (χ4v) is 12.5. The maximum Gasteiger partial charge on any atom is 0.333 e. The van der Waals surface area contributed by atoms with E-state index < -0.39 is 47.8 Å². The van der Waals surface area contributed by atoms with Gasteiger partial charge >= 0.3 is 5.69 Å². The Morgan fingerprint density at radius 2 is 1.55 bits per heavy atom. The van der Waals surface area contributed by atoms with Crippen molar-refractivity contribution in [2.45, 2.75) is 104 Å². The fraction of sp³-hybridized carbons (Fsp3) is 0.386. The van der Waals surface area contributed by atoms with Gasteiger partial charge in [0.1, 0.15) is 33.0 Å². The Morgan fingerprint density at radius 3 is 2.12 bits per heavy atom. The fourth-order valence-electron chi connectivity index (χ4n) is 7.62. The lowest BCUT2D eigenvalue weighted by Gasteiger charge is -2.42. The lowest BCUT2D eigenvalue weighted by atomic mass is 9.91. The van der Waals surface area contributed by atoms with Gasteiger partial charge in [0, 0.05) is 17.5 Å². The summed E-state index contributed by atoms with van der Waals surface area (Å²) in [4.78, 5) is 59.5. The maximum absolute atomic E-state index is 15.1. The lowest BCUT2D eigenvalue weighted by Crippen LogP contribution is -2.66. The van der Waals surface area contributed by atoms with Crippen LogP contribution in [0.4, 0.5) is 4.39 Å². The van der Waals surface area contributed by atoms with Gasteiger partial charge in [0.2, 0.25) is 0 Å². The van der Waals surface area contributed by atoms with Crippen LogP contribution in [0.3, 0.4) is 0 Å². The van der Waals surface area contributed by atoms with E-state index >= 15 is 9.18 Å². The van der Waals surface area contributed by atoms with E-state index in [1.807, 2.05) is 95.3 Å². The van der Waals surface area contributed by atoms with Crippen LogP contribution >= 0.6 is 11.3 Å². The number of hydrogen-bond donors (Lipinski definition) is 1. The molecule has 0 bridgehead atoms. The van der Waals surface area contributed by atoms with Crippen LogP contribution in [0.15, 0.2) is 101 Å². The standard InChI is InChI=1S/C44H52FN5O6SSi/c1-9-10-25-55-35-22-21-31(45)26-34(35)36(56-29(2)3)28-48-41-38(30(4)40(57-41)50-46-23-24-47-50)39(52)49(42(48)53)44(7,8)37(51)27-43(5,6)58(54,32-17-13-11-14-18-32)33-19-15-12-16-20-33/h11-24,26,29,36,54H,9-10,25,27-28H2,1-8H3/t36-/m0/s1. The monoisotopic (exact) mass is 825 g/mol. The lowest BCUT2D eigenvalue weighted by molar-refractivity contribution is -0.127. The van der Waals surface area contributed by atoms with E-state index in [-0.39, 0.29) is 24.5 Å². The molecule has 3 aromatic carbocycles. The largest absolute Gasteiger partial charge is 0.493 e. The average molecular weight is 826 g/mol. The first-order chi connectivity index (χ1) is 27.5. The van der Waals surface area contributed by atoms with Crippen molar-refractivity contribution in [1.29, 1.82) is 0 Å². The third kappa shape index (κ3) is 8.02. The first-order valence-electron chi connectivity index (χ1n) is 19.6. The normalized spacial score (nSPS) is 13.0. The summed E-state index contributed by atoms with van der Waals surface area (Å²) in [7, 11) is -3.65. The molecule has 1 N–H and O–H groups in total. The van der Waals surface area contributed by atoms with Crippen LogP contribution in [-0.2, 0) is 21.6 Å². The smallest absolute Gasteiger partial charge is 0.333 e. The minimum atomic E-state index is -3.65. The number of rotatable bonds is 17. The van der Waals surface area contributed by atoms with Crippen molar-refractivity contribution in [2.75, 3.05) is 6.61 Å². The zero-order valence-electron chi connectivity index (χ0n) is 34.4. The summed E-state index contributed by atoms with van der Waals surface area (Å²) in [5.41, 5.74) is -2.14. The van der Waals surface area contributed by atoms with Gasteiger partial charge < -0.3 is 14.3 Å². The van der Waals surface area contributed by atoms with Crippen LogP contribution in [-0.4, -0.2) is 55.7 Å². The van der Waals surface area contributed by atoms with E-state index in [4.69, 9.17) is 9.47 Å². The number of aryl methyl sites for hydroxylation is 1. The molecular formula is C44H52FN5O6SSi. The van der Waals surface area contributed by atoms with Crippen LogP contribution in [0.1, 0.15) is 85.0 Å². The van der Waals surface area contributed by atoms with Crippen LogP contribution in [0, 0.1) is 12.7 Å².